The zero-order chi connectivity index (χ0) is 14.0. The quantitative estimate of drug-likeness (QED) is 0.396. The fourth-order valence-electron chi connectivity index (χ4n) is 1.80. The maximum Gasteiger partial charge on any atom is 0.275 e. The van der Waals surface area contributed by atoms with Gasteiger partial charge in [-0.05, 0) is 13.0 Å². The Kier molecular flexibility index (Phi) is 3.29. The van der Waals surface area contributed by atoms with Crippen LogP contribution in [0.5, 0.6) is 0 Å². The van der Waals surface area contributed by atoms with E-state index in [1.807, 2.05) is 0 Å². The van der Waals surface area contributed by atoms with Crippen LogP contribution in [0.25, 0.3) is 0 Å². The summed E-state index contributed by atoms with van der Waals surface area (Å²) in [6.45, 7) is 1.56. The highest BCUT2D eigenvalue weighted by Gasteiger charge is 2.18. The number of hydrogen-bond donors (Lipinski definition) is 1. The number of hydrogen-bond acceptors (Lipinski definition) is 4. The number of rotatable bonds is 3. The van der Waals surface area contributed by atoms with Gasteiger partial charge in [0.2, 0.25) is 0 Å². The summed E-state index contributed by atoms with van der Waals surface area (Å²) < 4.78 is 0. The van der Waals surface area contributed by atoms with Crippen molar-refractivity contribution in [2.24, 2.45) is 0 Å². The lowest BCUT2D eigenvalue weighted by Gasteiger charge is -2.06. The molecule has 0 saturated heterocycles. The summed E-state index contributed by atoms with van der Waals surface area (Å²) in [6, 6.07) is 11.3. The van der Waals surface area contributed by atoms with E-state index >= 15 is 0 Å². The van der Waals surface area contributed by atoms with Gasteiger partial charge in [0.15, 0.2) is 5.78 Å². The molecule has 2 aromatic rings. The van der Waals surface area contributed by atoms with E-state index in [2.05, 4.69) is 0 Å². The standard InChI is InChI=1S/C14H12N2O3/c1-9-12(15)7-11(8-13(9)16(18)19)14(17)10-5-3-2-4-6-10/h2-8H,15H2,1H3. The minimum Gasteiger partial charge on any atom is -0.398 e. The molecule has 0 fully saturated rings. The van der Waals surface area contributed by atoms with E-state index in [-0.39, 0.29) is 22.7 Å². The Bertz CT molecular complexity index is 651. The minimum absolute atomic E-state index is 0.140. The number of nitro groups is 1. The molecular weight excluding hydrogens is 244 g/mol. The third-order valence-corrected chi connectivity index (χ3v) is 2.92. The highest BCUT2D eigenvalue weighted by molar-refractivity contribution is 6.09. The monoisotopic (exact) mass is 256 g/mol. The third kappa shape index (κ3) is 2.44. The van der Waals surface area contributed by atoms with Crippen molar-refractivity contribution >= 4 is 17.2 Å². The number of anilines is 1. The van der Waals surface area contributed by atoms with Crippen LogP contribution in [0.1, 0.15) is 21.5 Å². The van der Waals surface area contributed by atoms with E-state index in [9.17, 15) is 14.9 Å². The molecule has 0 saturated carbocycles. The highest BCUT2D eigenvalue weighted by Crippen LogP contribution is 2.26. The number of nitrogen functional groups attached to an aromatic ring is 1. The zero-order valence-corrected chi connectivity index (χ0v) is 10.3. The van der Waals surface area contributed by atoms with Gasteiger partial charge in [0.25, 0.3) is 5.69 Å². The van der Waals surface area contributed by atoms with E-state index in [1.165, 1.54) is 12.1 Å². The van der Waals surface area contributed by atoms with Crippen molar-refractivity contribution in [2.45, 2.75) is 6.92 Å². The maximum atomic E-state index is 12.2. The first-order valence-electron chi connectivity index (χ1n) is 5.65. The molecule has 2 aromatic carbocycles. The Balaban J connectivity index is 2.52. The van der Waals surface area contributed by atoms with Crippen molar-refractivity contribution < 1.29 is 9.72 Å². The van der Waals surface area contributed by atoms with Gasteiger partial charge in [0, 0.05) is 28.4 Å². The topological polar surface area (TPSA) is 86.2 Å². The van der Waals surface area contributed by atoms with E-state index in [1.54, 1.807) is 37.3 Å². The minimum atomic E-state index is -0.534. The lowest BCUT2D eigenvalue weighted by molar-refractivity contribution is -0.385. The number of nitrogens with two attached hydrogens (primary N) is 1. The number of ketones is 1. The molecule has 0 atom stereocenters. The van der Waals surface area contributed by atoms with Crippen LogP contribution in [0.15, 0.2) is 42.5 Å². The summed E-state index contributed by atoms with van der Waals surface area (Å²) in [5.74, 6) is -0.282. The molecule has 5 nitrogen and oxygen atoms in total. The third-order valence-electron chi connectivity index (χ3n) is 2.92. The molecule has 0 spiro atoms. The normalized spacial score (nSPS) is 10.2. The molecule has 0 aliphatic rings. The molecule has 0 aliphatic carbocycles. The second-order valence-electron chi connectivity index (χ2n) is 4.16. The molecule has 0 bridgehead atoms. The fourth-order valence-corrected chi connectivity index (χ4v) is 1.80. The van der Waals surface area contributed by atoms with Crippen molar-refractivity contribution in [1.29, 1.82) is 0 Å². The van der Waals surface area contributed by atoms with Gasteiger partial charge in [-0.15, -0.1) is 0 Å². The lowest BCUT2D eigenvalue weighted by Crippen LogP contribution is -2.05. The van der Waals surface area contributed by atoms with E-state index in [4.69, 9.17) is 5.73 Å². The smallest absolute Gasteiger partial charge is 0.275 e. The predicted octanol–water partition coefficient (Wildman–Crippen LogP) is 2.72. The largest absolute Gasteiger partial charge is 0.398 e. The highest BCUT2D eigenvalue weighted by atomic mass is 16.6. The molecule has 0 unspecified atom stereocenters. The average molecular weight is 256 g/mol. The number of carbonyl (C=O) groups is 1. The Labute approximate surface area is 109 Å². The molecule has 0 heterocycles. The van der Waals surface area contributed by atoms with Gasteiger partial charge in [-0.3, -0.25) is 14.9 Å². The summed E-state index contributed by atoms with van der Waals surface area (Å²) in [5, 5.41) is 10.9. The van der Waals surface area contributed by atoms with Gasteiger partial charge in [-0.2, -0.15) is 0 Å². The van der Waals surface area contributed by atoms with Crippen LogP contribution in [0.2, 0.25) is 0 Å². The Morgan fingerprint density at radius 2 is 1.79 bits per heavy atom. The van der Waals surface area contributed by atoms with Crippen LogP contribution in [0.3, 0.4) is 0 Å². The maximum absolute atomic E-state index is 12.2. The average Bonchev–Trinajstić information content (AvgIpc) is 2.41. The number of benzene rings is 2. The van der Waals surface area contributed by atoms with Crippen LogP contribution in [0.4, 0.5) is 11.4 Å². The number of nitrogens with zero attached hydrogens (tertiary/aromatic N) is 1. The second kappa shape index (κ2) is 4.89. The SMILES string of the molecule is Cc1c(N)cc(C(=O)c2ccccc2)cc1[N+](=O)[O-]. The molecular formula is C14H12N2O3. The summed E-state index contributed by atoms with van der Waals surface area (Å²) >= 11 is 0. The molecule has 0 aliphatic heterocycles. The molecule has 5 heteroatoms. The second-order valence-corrected chi connectivity index (χ2v) is 4.16. The van der Waals surface area contributed by atoms with Gasteiger partial charge in [-0.1, -0.05) is 30.3 Å². The van der Waals surface area contributed by atoms with Gasteiger partial charge in [0.1, 0.15) is 0 Å². The van der Waals surface area contributed by atoms with Crippen molar-refractivity contribution in [3.8, 4) is 0 Å². The van der Waals surface area contributed by atoms with E-state index in [0.717, 1.165) is 0 Å². The first kappa shape index (κ1) is 12.8. The van der Waals surface area contributed by atoms with Crippen molar-refractivity contribution in [2.75, 3.05) is 5.73 Å². The van der Waals surface area contributed by atoms with Crippen LogP contribution < -0.4 is 5.73 Å². The van der Waals surface area contributed by atoms with Crippen LogP contribution in [-0.4, -0.2) is 10.7 Å². The molecule has 19 heavy (non-hydrogen) atoms. The molecule has 0 aromatic heterocycles. The summed E-state index contributed by atoms with van der Waals surface area (Å²) in [7, 11) is 0. The number of carbonyl (C=O) groups excluding carboxylic acids is 1. The Morgan fingerprint density at radius 3 is 2.37 bits per heavy atom. The van der Waals surface area contributed by atoms with Crippen molar-refractivity contribution in [3.63, 3.8) is 0 Å². The molecule has 0 radical (unpaired) electrons. The van der Waals surface area contributed by atoms with Crippen LogP contribution in [0, 0.1) is 17.0 Å². The number of nitro benzene ring substituents is 1. The van der Waals surface area contributed by atoms with Gasteiger partial charge < -0.3 is 5.73 Å². The summed E-state index contributed by atoms with van der Waals surface area (Å²) in [4.78, 5) is 22.6. The van der Waals surface area contributed by atoms with Gasteiger partial charge in [-0.25, -0.2) is 0 Å². The summed E-state index contributed by atoms with van der Waals surface area (Å²) in [5.41, 5.74) is 6.89. The van der Waals surface area contributed by atoms with Gasteiger partial charge in [0.05, 0.1) is 4.92 Å². The lowest BCUT2D eigenvalue weighted by atomic mass is 10.00. The Morgan fingerprint density at radius 1 is 1.16 bits per heavy atom. The van der Waals surface area contributed by atoms with Crippen molar-refractivity contribution in [3.05, 3.63) is 69.3 Å². The molecule has 96 valence electrons. The predicted molar refractivity (Wildman–Crippen MR) is 72.1 cm³/mol. The zero-order valence-electron chi connectivity index (χ0n) is 10.3. The first-order chi connectivity index (χ1) is 9.00. The molecule has 2 N–H and O–H groups in total. The molecule has 2 rings (SSSR count). The van der Waals surface area contributed by atoms with Gasteiger partial charge >= 0.3 is 0 Å². The fraction of sp³-hybridized carbons (Fsp3) is 0.0714. The van der Waals surface area contributed by atoms with E-state index < -0.39 is 4.92 Å². The first-order valence-corrected chi connectivity index (χ1v) is 5.65. The van der Waals surface area contributed by atoms with Crippen molar-refractivity contribution in [1.82, 2.24) is 0 Å². The molecule has 0 amide bonds. The summed E-state index contributed by atoms with van der Waals surface area (Å²) in [6.07, 6.45) is 0. The van der Waals surface area contributed by atoms with Crippen LogP contribution >= 0.6 is 0 Å². The Hall–Kier alpha value is -2.69. The van der Waals surface area contributed by atoms with E-state index in [0.29, 0.717) is 11.1 Å². The van der Waals surface area contributed by atoms with Crippen LogP contribution in [-0.2, 0) is 0 Å².